The van der Waals surface area contributed by atoms with Crippen molar-refractivity contribution in [3.63, 3.8) is 0 Å². The largest absolute Gasteiger partial charge is 0.322 e. The second-order valence-corrected chi connectivity index (χ2v) is 6.63. The first-order valence-electron chi connectivity index (χ1n) is 9.35. The molecule has 4 rings (SSSR count). The van der Waals surface area contributed by atoms with E-state index in [0.29, 0.717) is 28.1 Å². The molecule has 0 spiro atoms. The van der Waals surface area contributed by atoms with Crippen LogP contribution in [0, 0.1) is 11.3 Å². The van der Waals surface area contributed by atoms with Crippen LogP contribution in [0.1, 0.15) is 15.9 Å². The molecule has 1 amide bonds. The summed E-state index contributed by atoms with van der Waals surface area (Å²) in [5.74, 6) is -0.346. The van der Waals surface area contributed by atoms with Gasteiger partial charge >= 0.3 is 0 Å². The Balaban J connectivity index is 1.90. The van der Waals surface area contributed by atoms with E-state index in [1.807, 2.05) is 36.4 Å². The molecule has 1 heterocycles. The van der Waals surface area contributed by atoms with Crippen LogP contribution >= 0.6 is 0 Å². The summed E-state index contributed by atoms with van der Waals surface area (Å²) in [6, 6.07) is 28.7. The number of hydrogen-bond acceptors (Lipinski definition) is 3. The summed E-state index contributed by atoms with van der Waals surface area (Å²) in [5.41, 5.74) is 2.44. The Labute approximate surface area is 173 Å². The van der Waals surface area contributed by atoms with Crippen molar-refractivity contribution in [3.8, 4) is 22.9 Å². The number of carbonyl (C=O) groups is 1. The average molecular weight is 391 g/mol. The van der Waals surface area contributed by atoms with E-state index in [2.05, 4.69) is 11.4 Å². The summed E-state index contributed by atoms with van der Waals surface area (Å²) in [5, 5.41) is 12.3. The lowest BCUT2D eigenvalue weighted by Gasteiger charge is -2.13. The molecule has 0 aliphatic rings. The number of para-hydroxylation sites is 2. The van der Waals surface area contributed by atoms with Crippen LogP contribution in [0.15, 0.2) is 102 Å². The number of carbonyl (C=O) groups excluding carboxylic acids is 1. The molecule has 5 heteroatoms. The molecule has 0 unspecified atom stereocenters. The molecule has 3 aromatic carbocycles. The fraction of sp³-hybridized carbons (Fsp3) is 0. The first-order valence-corrected chi connectivity index (χ1v) is 9.35. The Morgan fingerprint density at radius 3 is 2.17 bits per heavy atom. The molecule has 30 heavy (non-hydrogen) atoms. The molecule has 0 saturated carbocycles. The van der Waals surface area contributed by atoms with Crippen molar-refractivity contribution in [1.82, 2.24) is 4.57 Å². The van der Waals surface area contributed by atoms with E-state index in [9.17, 15) is 14.9 Å². The van der Waals surface area contributed by atoms with Gasteiger partial charge in [0, 0.05) is 28.7 Å². The summed E-state index contributed by atoms with van der Waals surface area (Å²) in [4.78, 5) is 26.2. The van der Waals surface area contributed by atoms with Gasteiger partial charge in [0.05, 0.1) is 17.2 Å². The monoisotopic (exact) mass is 391 g/mol. The lowest BCUT2D eigenvalue weighted by Crippen LogP contribution is -2.23. The second-order valence-electron chi connectivity index (χ2n) is 6.63. The quantitative estimate of drug-likeness (QED) is 0.551. The Bertz CT molecular complexity index is 1300. The third-order valence-electron chi connectivity index (χ3n) is 4.68. The number of nitrogens with zero attached hydrogens (tertiary/aromatic N) is 2. The van der Waals surface area contributed by atoms with Gasteiger partial charge in [-0.15, -0.1) is 0 Å². The van der Waals surface area contributed by atoms with Gasteiger partial charge in [0.15, 0.2) is 0 Å². The third-order valence-corrected chi connectivity index (χ3v) is 4.68. The molecule has 4 aromatic rings. The van der Waals surface area contributed by atoms with E-state index >= 15 is 0 Å². The zero-order valence-corrected chi connectivity index (χ0v) is 15.9. The van der Waals surface area contributed by atoms with E-state index in [-0.39, 0.29) is 17.0 Å². The zero-order valence-electron chi connectivity index (χ0n) is 15.9. The van der Waals surface area contributed by atoms with Crippen LogP contribution in [0.5, 0.6) is 0 Å². The minimum Gasteiger partial charge on any atom is -0.322 e. The highest BCUT2D eigenvalue weighted by Gasteiger charge is 2.17. The van der Waals surface area contributed by atoms with Crippen molar-refractivity contribution in [3.05, 3.63) is 119 Å². The number of aromatic nitrogens is 1. The molecule has 0 radical (unpaired) electrons. The first-order chi connectivity index (χ1) is 14.7. The van der Waals surface area contributed by atoms with Crippen molar-refractivity contribution < 1.29 is 4.79 Å². The fourth-order valence-electron chi connectivity index (χ4n) is 3.22. The van der Waals surface area contributed by atoms with Gasteiger partial charge in [0.25, 0.3) is 11.5 Å². The van der Waals surface area contributed by atoms with Gasteiger partial charge < -0.3 is 5.32 Å². The minimum atomic E-state index is -0.346. The predicted molar refractivity (Wildman–Crippen MR) is 117 cm³/mol. The van der Waals surface area contributed by atoms with Crippen LogP contribution in [-0.2, 0) is 0 Å². The zero-order chi connectivity index (χ0) is 20.9. The summed E-state index contributed by atoms with van der Waals surface area (Å²) in [7, 11) is 0. The maximum Gasteiger partial charge on any atom is 0.263 e. The van der Waals surface area contributed by atoms with Gasteiger partial charge in [0.1, 0.15) is 0 Å². The highest BCUT2D eigenvalue weighted by Crippen LogP contribution is 2.22. The fourth-order valence-corrected chi connectivity index (χ4v) is 3.22. The summed E-state index contributed by atoms with van der Waals surface area (Å²) in [6.07, 6.45) is 1.52. The Hall–Kier alpha value is -4.43. The highest BCUT2D eigenvalue weighted by atomic mass is 16.2. The summed E-state index contributed by atoms with van der Waals surface area (Å²) < 4.78 is 1.43. The summed E-state index contributed by atoms with van der Waals surface area (Å²) >= 11 is 0. The van der Waals surface area contributed by atoms with Crippen LogP contribution in [0.4, 0.5) is 5.69 Å². The number of amides is 1. The topological polar surface area (TPSA) is 74.9 Å². The maximum atomic E-state index is 13.3. The van der Waals surface area contributed by atoms with E-state index in [1.165, 1.54) is 16.8 Å². The van der Waals surface area contributed by atoms with Gasteiger partial charge in [-0.1, -0.05) is 54.6 Å². The molecule has 1 N–H and O–H groups in total. The Morgan fingerprint density at radius 2 is 1.47 bits per heavy atom. The number of rotatable bonds is 4. The lowest BCUT2D eigenvalue weighted by atomic mass is 10.00. The van der Waals surface area contributed by atoms with Gasteiger partial charge in [-0.25, -0.2) is 0 Å². The molecular formula is C25H17N3O2. The molecule has 1 aromatic heterocycles. The van der Waals surface area contributed by atoms with E-state index in [1.54, 1.807) is 48.5 Å². The van der Waals surface area contributed by atoms with Crippen molar-refractivity contribution in [2.75, 3.05) is 5.32 Å². The standard InChI is InChI=1S/C25H17N3O2/c26-16-18-9-7-8-14-22(18)23-15-19(24(29)27-20-10-3-1-4-11-20)17-28(25(23)30)21-12-5-2-6-13-21/h1-15,17H,(H,27,29). The van der Waals surface area contributed by atoms with E-state index in [4.69, 9.17) is 0 Å². The van der Waals surface area contributed by atoms with Crippen molar-refractivity contribution >= 4 is 11.6 Å². The Morgan fingerprint density at radius 1 is 0.833 bits per heavy atom. The van der Waals surface area contributed by atoms with E-state index < -0.39 is 0 Å². The normalized spacial score (nSPS) is 10.2. The molecule has 0 aliphatic carbocycles. The molecule has 0 atom stereocenters. The number of pyridine rings is 1. The SMILES string of the molecule is N#Cc1ccccc1-c1cc(C(=O)Nc2ccccc2)cn(-c2ccccc2)c1=O. The van der Waals surface area contributed by atoms with Crippen LogP contribution in [0.25, 0.3) is 16.8 Å². The van der Waals surface area contributed by atoms with Crippen LogP contribution < -0.4 is 10.9 Å². The third kappa shape index (κ3) is 3.75. The smallest absolute Gasteiger partial charge is 0.263 e. The lowest BCUT2D eigenvalue weighted by molar-refractivity contribution is 0.102. The van der Waals surface area contributed by atoms with Crippen LogP contribution in [0.3, 0.4) is 0 Å². The predicted octanol–water partition coefficient (Wildman–Crippen LogP) is 4.63. The number of anilines is 1. The molecule has 0 saturated heterocycles. The van der Waals surface area contributed by atoms with E-state index in [0.717, 1.165) is 0 Å². The van der Waals surface area contributed by atoms with Gasteiger partial charge in [0.2, 0.25) is 0 Å². The number of benzene rings is 3. The molecule has 0 bridgehead atoms. The van der Waals surface area contributed by atoms with Gasteiger partial charge in [-0.2, -0.15) is 5.26 Å². The maximum absolute atomic E-state index is 13.3. The number of hydrogen-bond donors (Lipinski definition) is 1. The minimum absolute atomic E-state index is 0.289. The average Bonchev–Trinajstić information content (AvgIpc) is 2.80. The van der Waals surface area contributed by atoms with Crippen molar-refractivity contribution in [2.45, 2.75) is 0 Å². The Kier molecular flexibility index (Phi) is 5.23. The van der Waals surface area contributed by atoms with Crippen molar-refractivity contribution in [2.24, 2.45) is 0 Å². The molecular weight excluding hydrogens is 374 g/mol. The van der Waals surface area contributed by atoms with Gasteiger partial charge in [-0.05, 0) is 36.4 Å². The molecule has 0 aliphatic heterocycles. The number of nitrogens with one attached hydrogen (secondary N) is 1. The molecule has 5 nitrogen and oxygen atoms in total. The van der Waals surface area contributed by atoms with Gasteiger partial charge in [-0.3, -0.25) is 14.2 Å². The second kappa shape index (κ2) is 8.29. The van der Waals surface area contributed by atoms with Crippen LogP contribution in [0.2, 0.25) is 0 Å². The summed E-state index contributed by atoms with van der Waals surface area (Å²) in [6.45, 7) is 0. The number of nitriles is 1. The highest BCUT2D eigenvalue weighted by molar-refractivity contribution is 6.04. The molecule has 0 fully saturated rings. The molecule has 144 valence electrons. The van der Waals surface area contributed by atoms with Crippen molar-refractivity contribution in [1.29, 1.82) is 5.26 Å². The first kappa shape index (κ1) is 18.9. The van der Waals surface area contributed by atoms with Crippen LogP contribution in [-0.4, -0.2) is 10.5 Å².